The maximum atomic E-state index is 10.3. The smallest absolute Gasteiger partial charge is 0.111 e. The Bertz CT molecular complexity index is 977. The fraction of sp³-hybridized carbons (Fsp3) is 0.154. The first-order valence-corrected chi connectivity index (χ1v) is 9.45. The molecule has 1 heteroatoms. The van der Waals surface area contributed by atoms with Crippen molar-refractivity contribution in [2.75, 3.05) is 0 Å². The van der Waals surface area contributed by atoms with Crippen molar-refractivity contribution in [1.29, 1.82) is 0 Å². The molecule has 4 rings (SSSR count). The molecule has 0 radical (unpaired) electrons. The van der Waals surface area contributed by atoms with Crippen LogP contribution in [0.15, 0.2) is 96.8 Å². The minimum absolute atomic E-state index is 0.295. The molecule has 0 aromatic heterocycles. The topological polar surface area (TPSA) is 20.2 Å². The molecule has 0 heterocycles. The minimum atomic E-state index is -0.295. The van der Waals surface area contributed by atoms with Crippen LogP contribution in [-0.4, -0.2) is 5.11 Å². The number of hydrogen-bond acceptors (Lipinski definition) is 1. The monoisotopic (exact) mass is 352 g/mol. The maximum absolute atomic E-state index is 10.3. The molecule has 0 aliphatic heterocycles. The number of rotatable bonds is 4. The lowest BCUT2D eigenvalue weighted by atomic mass is 9.70. The molecule has 0 spiro atoms. The molecule has 1 aliphatic rings. The molecule has 27 heavy (non-hydrogen) atoms. The lowest BCUT2D eigenvalue weighted by Gasteiger charge is -2.32. The summed E-state index contributed by atoms with van der Waals surface area (Å²) in [6.45, 7) is 4.03. The molecule has 0 saturated heterocycles. The molecular formula is C26H24O. The molecule has 1 N–H and O–H groups in total. The van der Waals surface area contributed by atoms with E-state index in [9.17, 15) is 5.11 Å². The summed E-state index contributed by atoms with van der Waals surface area (Å²) in [6.07, 6.45) is 6.26. The fourth-order valence-electron chi connectivity index (χ4n) is 4.31. The van der Waals surface area contributed by atoms with E-state index in [1.165, 1.54) is 33.4 Å². The molecule has 1 aliphatic carbocycles. The lowest BCUT2D eigenvalue weighted by molar-refractivity contribution is 0.426. The summed E-state index contributed by atoms with van der Waals surface area (Å²) in [5.41, 5.74) is 7.39. The highest BCUT2D eigenvalue weighted by molar-refractivity contribution is 5.83. The third-order valence-corrected chi connectivity index (χ3v) is 5.56. The Morgan fingerprint density at radius 3 is 1.96 bits per heavy atom. The maximum Gasteiger partial charge on any atom is 0.111 e. The van der Waals surface area contributed by atoms with Gasteiger partial charge in [0, 0.05) is 5.41 Å². The largest absolute Gasteiger partial charge is 0.508 e. The van der Waals surface area contributed by atoms with E-state index in [4.69, 9.17) is 0 Å². The number of aliphatic hydroxyl groups is 1. The molecule has 0 fully saturated rings. The van der Waals surface area contributed by atoms with Crippen LogP contribution in [0.3, 0.4) is 0 Å². The predicted octanol–water partition coefficient (Wildman–Crippen LogP) is 6.72. The zero-order chi connectivity index (χ0) is 18.9. The normalized spacial score (nSPS) is 15.0. The van der Waals surface area contributed by atoms with E-state index < -0.39 is 0 Å². The number of hydrogen-bond donors (Lipinski definition) is 1. The summed E-state index contributed by atoms with van der Waals surface area (Å²) < 4.78 is 0. The van der Waals surface area contributed by atoms with Crippen molar-refractivity contribution in [3.05, 3.63) is 119 Å². The second-order valence-corrected chi connectivity index (χ2v) is 7.20. The van der Waals surface area contributed by atoms with Gasteiger partial charge in [0.2, 0.25) is 0 Å². The summed E-state index contributed by atoms with van der Waals surface area (Å²) >= 11 is 0. The van der Waals surface area contributed by atoms with Crippen LogP contribution >= 0.6 is 0 Å². The highest BCUT2D eigenvalue weighted by atomic mass is 16.3. The van der Waals surface area contributed by atoms with Crippen LogP contribution < -0.4 is 0 Å². The van der Waals surface area contributed by atoms with Crippen molar-refractivity contribution in [3.8, 4) is 11.1 Å². The predicted molar refractivity (Wildman–Crippen MR) is 113 cm³/mol. The first-order chi connectivity index (χ1) is 13.2. The second-order valence-electron chi connectivity index (χ2n) is 7.20. The zero-order valence-electron chi connectivity index (χ0n) is 15.8. The van der Waals surface area contributed by atoms with Crippen molar-refractivity contribution in [2.45, 2.75) is 25.7 Å². The SMILES string of the molecule is C/C=C\C(O)=C/CC1(c2ccc(C)cc2)c2ccccc2-c2ccccc21. The molecule has 3 aromatic rings. The van der Waals surface area contributed by atoms with Gasteiger partial charge < -0.3 is 5.11 Å². The number of allylic oxidation sites excluding steroid dienone is 3. The summed E-state index contributed by atoms with van der Waals surface area (Å²) in [7, 11) is 0. The van der Waals surface area contributed by atoms with Gasteiger partial charge in [-0.25, -0.2) is 0 Å². The number of aliphatic hydroxyl groups excluding tert-OH is 1. The van der Waals surface area contributed by atoms with Gasteiger partial charge in [0.25, 0.3) is 0 Å². The van der Waals surface area contributed by atoms with Crippen molar-refractivity contribution >= 4 is 0 Å². The first kappa shape index (κ1) is 17.4. The molecule has 0 atom stereocenters. The molecule has 134 valence electrons. The Kier molecular flexibility index (Phi) is 4.45. The van der Waals surface area contributed by atoms with E-state index in [0.29, 0.717) is 12.2 Å². The van der Waals surface area contributed by atoms with Gasteiger partial charge in [0.1, 0.15) is 5.76 Å². The van der Waals surface area contributed by atoms with E-state index in [1.54, 1.807) is 6.08 Å². The molecule has 3 aromatic carbocycles. The summed E-state index contributed by atoms with van der Waals surface area (Å²) in [5, 5.41) is 10.3. The highest BCUT2D eigenvalue weighted by Gasteiger charge is 2.43. The van der Waals surface area contributed by atoms with Crippen molar-refractivity contribution in [2.24, 2.45) is 0 Å². The van der Waals surface area contributed by atoms with Crippen LogP contribution in [0.4, 0.5) is 0 Å². The lowest BCUT2D eigenvalue weighted by Crippen LogP contribution is -2.26. The Morgan fingerprint density at radius 1 is 0.852 bits per heavy atom. The summed E-state index contributed by atoms with van der Waals surface area (Å²) in [4.78, 5) is 0. The average molecular weight is 352 g/mol. The zero-order valence-corrected chi connectivity index (χ0v) is 15.8. The van der Waals surface area contributed by atoms with Gasteiger partial charge in [-0.2, -0.15) is 0 Å². The number of aryl methyl sites for hydroxylation is 1. The third-order valence-electron chi connectivity index (χ3n) is 5.56. The van der Waals surface area contributed by atoms with Crippen LogP contribution in [0.2, 0.25) is 0 Å². The number of fused-ring (bicyclic) bond motifs is 3. The third kappa shape index (κ3) is 2.80. The first-order valence-electron chi connectivity index (χ1n) is 9.45. The van der Waals surface area contributed by atoms with Gasteiger partial charge in [-0.3, -0.25) is 0 Å². The van der Waals surface area contributed by atoms with E-state index in [-0.39, 0.29) is 5.41 Å². The van der Waals surface area contributed by atoms with Crippen LogP contribution in [0, 0.1) is 6.92 Å². The van der Waals surface area contributed by atoms with E-state index in [2.05, 4.69) is 79.7 Å². The van der Waals surface area contributed by atoms with Gasteiger partial charge in [0.05, 0.1) is 0 Å². The molecule has 1 nitrogen and oxygen atoms in total. The van der Waals surface area contributed by atoms with Crippen molar-refractivity contribution in [3.63, 3.8) is 0 Å². The Hall–Kier alpha value is -3.06. The molecule has 0 bridgehead atoms. The van der Waals surface area contributed by atoms with Crippen LogP contribution in [0.5, 0.6) is 0 Å². The summed E-state index contributed by atoms with van der Waals surface area (Å²) in [6, 6.07) is 26.1. The Morgan fingerprint density at radius 2 is 1.41 bits per heavy atom. The average Bonchev–Trinajstić information content (AvgIpc) is 2.99. The molecule has 0 amide bonds. The summed E-state index contributed by atoms with van der Waals surface area (Å²) in [5.74, 6) is 0.311. The highest BCUT2D eigenvalue weighted by Crippen LogP contribution is 2.54. The fourth-order valence-corrected chi connectivity index (χ4v) is 4.31. The van der Waals surface area contributed by atoms with Gasteiger partial charge in [-0.05, 0) is 60.2 Å². The van der Waals surface area contributed by atoms with E-state index in [1.807, 2.05) is 19.1 Å². The molecule has 0 unspecified atom stereocenters. The van der Waals surface area contributed by atoms with E-state index in [0.717, 1.165) is 0 Å². The number of benzene rings is 3. The molecule has 0 saturated carbocycles. The van der Waals surface area contributed by atoms with Gasteiger partial charge >= 0.3 is 0 Å². The van der Waals surface area contributed by atoms with E-state index >= 15 is 0 Å². The van der Waals surface area contributed by atoms with Gasteiger partial charge in [-0.1, -0.05) is 84.4 Å². The van der Waals surface area contributed by atoms with Crippen LogP contribution in [-0.2, 0) is 5.41 Å². The van der Waals surface area contributed by atoms with Crippen LogP contribution in [0.25, 0.3) is 11.1 Å². The Balaban J connectivity index is 2.01. The Labute approximate surface area is 161 Å². The standard InChI is InChI=1S/C26H24O/c1-3-8-21(27)17-18-26(20-15-13-19(2)14-16-20)24-11-6-4-9-22(24)23-10-5-7-12-25(23)26/h3-17,27H,18H2,1-2H3/b8-3-,21-17+. The van der Waals surface area contributed by atoms with Gasteiger partial charge in [0.15, 0.2) is 0 Å². The van der Waals surface area contributed by atoms with Crippen molar-refractivity contribution in [1.82, 2.24) is 0 Å². The van der Waals surface area contributed by atoms with Gasteiger partial charge in [-0.15, -0.1) is 0 Å². The minimum Gasteiger partial charge on any atom is -0.508 e. The second kappa shape index (κ2) is 6.92. The quantitative estimate of drug-likeness (QED) is 0.408. The molecular weight excluding hydrogens is 328 g/mol. The van der Waals surface area contributed by atoms with Crippen molar-refractivity contribution < 1.29 is 5.11 Å². The van der Waals surface area contributed by atoms with Crippen LogP contribution in [0.1, 0.15) is 35.6 Å².